The van der Waals surface area contributed by atoms with Crippen molar-refractivity contribution in [2.24, 2.45) is 0 Å². The number of carbonyl (C=O) groups is 2. The van der Waals surface area contributed by atoms with Crippen LogP contribution in [0.15, 0.2) is 61.2 Å². The van der Waals surface area contributed by atoms with Gasteiger partial charge in [-0.3, -0.25) is 19.4 Å². The number of halogens is 4. The molecule has 9 heteroatoms. The van der Waals surface area contributed by atoms with Crippen molar-refractivity contribution in [1.29, 1.82) is 0 Å². The predicted octanol–water partition coefficient (Wildman–Crippen LogP) is 4.12. The number of nitrogens with zero attached hydrogens (tertiary/aromatic N) is 2. The van der Waals surface area contributed by atoms with E-state index >= 15 is 0 Å². The first-order valence-electron chi connectivity index (χ1n) is 9.55. The van der Waals surface area contributed by atoms with Crippen LogP contribution in [-0.2, 0) is 16.1 Å². The van der Waals surface area contributed by atoms with E-state index in [-0.39, 0.29) is 24.5 Å². The van der Waals surface area contributed by atoms with Crippen LogP contribution < -0.4 is 10.2 Å². The van der Waals surface area contributed by atoms with Crippen molar-refractivity contribution in [1.82, 2.24) is 4.90 Å². The third-order valence-electron chi connectivity index (χ3n) is 4.87. The maximum atomic E-state index is 14.1. The highest BCUT2D eigenvalue weighted by Crippen LogP contribution is 2.37. The molecule has 0 saturated heterocycles. The number of rotatable bonds is 6. The van der Waals surface area contributed by atoms with Gasteiger partial charge < -0.3 is 5.32 Å². The molecular weight excluding hydrogens is 414 g/mol. The fraction of sp³-hybridized carbons (Fsp3) is 0.273. The monoisotopic (exact) mass is 435 g/mol. The van der Waals surface area contributed by atoms with Crippen molar-refractivity contribution in [3.63, 3.8) is 0 Å². The van der Waals surface area contributed by atoms with Gasteiger partial charge in [-0.15, -0.1) is 6.58 Å². The average Bonchev–Trinajstić information content (AvgIpc) is 2.85. The molecule has 1 unspecified atom stereocenters. The van der Waals surface area contributed by atoms with Crippen LogP contribution in [0.2, 0.25) is 0 Å². The topological polar surface area (TPSA) is 52.7 Å². The Kier molecular flexibility index (Phi) is 6.74. The molecule has 1 N–H and O–H groups in total. The molecule has 2 aromatic rings. The smallest absolute Gasteiger partial charge is 0.324 e. The van der Waals surface area contributed by atoms with Crippen LogP contribution >= 0.6 is 0 Å². The SMILES string of the molecule is C=CCN(CC(=O)N1c2ccccc2NC(=O)CC1C(F)(F)F)Cc1ccccc1F. The van der Waals surface area contributed by atoms with Crippen LogP contribution in [0.25, 0.3) is 0 Å². The van der Waals surface area contributed by atoms with E-state index in [2.05, 4.69) is 11.9 Å². The molecule has 0 fully saturated rings. The second-order valence-corrected chi connectivity index (χ2v) is 7.14. The maximum absolute atomic E-state index is 14.1. The van der Waals surface area contributed by atoms with Gasteiger partial charge in [-0.2, -0.15) is 13.2 Å². The van der Waals surface area contributed by atoms with Crippen LogP contribution in [0.1, 0.15) is 12.0 Å². The van der Waals surface area contributed by atoms with Crippen molar-refractivity contribution in [2.75, 3.05) is 23.3 Å². The Morgan fingerprint density at radius 1 is 1.19 bits per heavy atom. The highest BCUT2D eigenvalue weighted by atomic mass is 19.4. The molecule has 0 spiro atoms. The van der Waals surface area contributed by atoms with Gasteiger partial charge >= 0.3 is 6.18 Å². The van der Waals surface area contributed by atoms with E-state index in [1.54, 1.807) is 12.1 Å². The second-order valence-electron chi connectivity index (χ2n) is 7.14. The Hall–Kier alpha value is -3.20. The standard InChI is InChI=1S/C22H21F4N3O2/c1-2-11-28(13-15-7-3-4-8-16(15)23)14-21(31)29-18-10-6-5-9-17(18)27-20(30)12-19(29)22(24,25)26/h2-10,19H,1,11-14H2,(H,27,30). The summed E-state index contributed by atoms with van der Waals surface area (Å²) in [6.45, 7) is 3.35. The molecule has 0 radical (unpaired) electrons. The largest absolute Gasteiger partial charge is 0.409 e. The van der Waals surface area contributed by atoms with Gasteiger partial charge in [-0.05, 0) is 18.2 Å². The first-order chi connectivity index (χ1) is 14.7. The van der Waals surface area contributed by atoms with Crippen molar-refractivity contribution in [3.05, 3.63) is 72.6 Å². The van der Waals surface area contributed by atoms with Gasteiger partial charge in [-0.25, -0.2) is 4.39 Å². The summed E-state index contributed by atoms with van der Waals surface area (Å²) in [6, 6.07) is 9.48. The third-order valence-corrected chi connectivity index (χ3v) is 4.87. The lowest BCUT2D eigenvalue weighted by Gasteiger charge is -2.33. The van der Waals surface area contributed by atoms with Gasteiger partial charge in [0, 0.05) is 18.7 Å². The Morgan fingerprint density at radius 3 is 2.55 bits per heavy atom. The molecule has 1 heterocycles. The van der Waals surface area contributed by atoms with Gasteiger partial charge in [0.15, 0.2) is 0 Å². The normalized spacial score (nSPS) is 16.5. The van der Waals surface area contributed by atoms with Gasteiger partial charge in [0.2, 0.25) is 11.8 Å². The molecule has 1 aliphatic rings. The van der Waals surface area contributed by atoms with Crippen molar-refractivity contribution in [3.8, 4) is 0 Å². The molecule has 3 rings (SSSR count). The Labute approximate surface area is 176 Å². The molecule has 0 saturated carbocycles. The van der Waals surface area contributed by atoms with Crippen molar-refractivity contribution in [2.45, 2.75) is 25.2 Å². The molecule has 2 aromatic carbocycles. The van der Waals surface area contributed by atoms with Crippen molar-refractivity contribution < 1.29 is 27.2 Å². The fourth-order valence-corrected chi connectivity index (χ4v) is 3.50. The number of anilines is 2. The average molecular weight is 435 g/mol. The number of amides is 2. The summed E-state index contributed by atoms with van der Waals surface area (Å²) in [5, 5.41) is 2.42. The number of hydrogen-bond donors (Lipinski definition) is 1. The van der Waals surface area contributed by atoms with E-state index in [0.717, 1.165) is 0 Å². The quantitative estimate of drug-likeness (QED) is 0.549. The van der Waals surface area contributed by atoms with Crippen LogP contribution in [-0.4, -0.2) is 42.0 Å². The van der Waals surface area contributed by atoms with E-state index in [1.807, 2.05) is 0 Å². The first kappa shape index (κ1) is 22.5. The molecule has 0 aromatic heterocycles. The molecule has 1 atom stereocenters. The summed E-state index contributed by atoms with van der Waals surface area (Å²) >= 11 is 0. The molecule has 5 nitrogen and oxygen atoms in total. The Morgan fingerprint density at radius 2 is 1.87 bits per heavy atom. The van der Waals surface area contributed by atoms with Gasteiger partial charge in [0.25, 0.3) is 0 Å². The molecule has 0 bridgehead atoms. The molecule has 2 amide bonds. The van der Waals surface area contributed by atoms with Crippen LogP contribution in [0.4, 0.5) is 28.9 Å². The van der Waals surface area contributed by atoms with Crippen molar-refractivity contribution >= 4 is 23.2 Å². The highest BCUT2D eigenvalue weighted by molar-refractivity contribution is 6.05. The zero-order chi connectivity index (χ0) is 22.6. The van der Waals surface area contributed by atoms with Gasteiger partial charge in [0.05, 0.1) is 24.3 Å². The molecular formula is C22H21F4N3O2. The zero-order valence-corrected chi connectivity index (χ0v) is 16.5. The zero-order valence-electron chi connectivity index (χ0n) is 16.5. The third kappa shape index (κ3) is 5.29. The second kappa shape index (κ2) is 9.30. The van der Waals surface area contributed by atoms with E-state index in [9.17, 15) is 27.2 Å². The minimum absolute atomic E-state index is 0.00772. The highest BCUT2D eigenvalue weighted by Gasteiger charge is 2.49. The summed E-state index contributed by atoms with van der Waals surface area (Å²) in [6.07, 6.45) is -4.26. The number of para-hydroxylation sites is 2. The number of hydrogen-bond acceptors (Lipinski definition) is 3. The predicted molar refractivity (Wildman–Crippen MR) is 109 cm³/mol. The summed E-state index contributed by atoms with van der Waals surface area (Å²) in [4.78, 5) is 27.3. The molecule has 164 valence electrons. The number of nitrogens with one attached hydrogen (secondary N) is 1. The summed E-state index contributed by atoms with van der Waals surface area (Å²) in [5.74, 6) is -2.17. The Bertz CT molecular complexity index is 977. The van der Waals surface area contributed by atoms with E-state index in [4.69, 9.17) is 0 Å². The van der Waals surface area contributed by atoms with Crippen LogP contribution in [0.3, 0.4) is 0 Å². The van der Waals surface area contributed by atoms with E-state index < -0.39 is 42.8 Å². The summed E-state index contributed by atoms with van der Waals surface area (Å²) < 4.78 is 55.5. The molecule has 31 heavy (non-hydrogen) atoms. The van der Waals surface area contributed by atoms with Gasteiger partial charge in [0.1, 0.15) is 11.9 Å². The Balaban J connectivity index is 1.94. The summed E-state index contributed by atoms with van der Waals surface area (Å²) in [7, 11) is 0. The molecule has 1 aliphatic heterocycles. The minimum Gasteiger partial charge on any atom is -0.324 e. The van der Waals surface area contributed by atoms with E-state index in [0.29, 0.717) is 10.5 Å². The minimum atomic E-state index is -4.82. The number of carbonyl (C=O) groups excluding carboxylic acids is 2. The van der Waals surface area contributed by atoms with Crippen LogP contribution in [0.5, 0.6) is 0 Å². The van der Waals surface area contributed by atoms with Crippen LogP contribution in [0, 0.1) is 5.82 Å². The lowest BCUT2D eigenvalue weighted by atomic mass is 10.1. The summed E-state index contributed by atoms with van der Waals surface area (Å²) in [5.41, 5.74) is 0.389. The number of alkyl halides is 3. The number of fused-ring (bicyclic) bond motifs is 1. The van der Waals surface area contributed by atoms with Gasteiger partial charge in [-0.1, -0.05) is 36.4 Å². The lowest BCUT2D eigenvalue weighted by Crippen LogP contribution is -2.52. The fourth-order valence-electron chi connectivity index (χ4n) is 3.50. The molecule has 0 aliphatic carbocycles. The number of benzene rings is 2. The maximum Gasteiger partial charge on any atom is 0.409 e. The first-order valence-corrected chi connectivity index (χ1v) is 9.55. The lowest BCUT2D eigenvalue weighted by molar-refractivity contribution is -0.158. The van der Waals surface area contributed by atoms with E-state index in [1.165, 1.54) is 47.4 Å².